The zero-order valence-corrected chi connectivity index (χ0v) is 22.9. The SMILES string of the molecule is O=C1N(Cc2ccc(CO)cc2)[C@H](Cc2ccccc2)CC[C@@H](Cc2ccccc2)N1Cc1ccc(CO)cc1. The van der Waals surface area contributed by atoms with Gasteiger partial charge < -0.3 is 20.0 Å². The summed E-state index contributed by atoms with van der Waals surface area (Å²) in [7, 11) is 0. The van der Waals surface area contributed by atoms with Crippen LogP contribution in [0.4, 0.5) is 4.79 Å². The lowest BCUT2D eigenvalue weighted by Gasteiger charge is -2.36. The van der Waals surface area contributed by atoms with Crippen LogP contribution in [0.1, 0.15) is 46.2 Å². The number of aliphatic hydroxyl groups is 2. The molecular weight excluding hydrogens is 496 g/mol. The Morgan fingerprint density at radius 3 is 1.20 bits per heavy atom. The van der Waals surface area contributed by atoms with Crippen LogP contribution in [-0.2, 0) is 39.1 Å². The average Bonchev–Trinajstić information content (AvgIpc) is 3.11. The van der Waals surface area contributed by atoms with E-state index in [-0.39, 0.29) is 31.3 Å². The first-order valence-electron chi connectivity index (χ1n) is 14.2. The number of carbonyl (C=O) groups is 1. The lowest BCUT2D eigenvalue weighted by atomic mass is 9.95. The summed E-state index contributed by atoms with van der Waals surface area (Å²) in [6, 6.07) is 36.9. The second-order valence-electron chi connectivity index (χ2n) is 10.8. The van der Waals surface area contributed by atoms with Crippen LogP contribution >= 0.6 is 0 Å². The Labute approximate surface area is 237 Å². The molecule has 5 heteroatoms. The van der Waals surface area contributed by atoms with Crippen LogP contribution in [0.5, 0.6) is 0 Å². The fraction of sp³-hybridized carbons (Fsp3) is 0.286. The van der Waals surface area contributed by atoms with Gasteiger partial charge >= 0.3 is 6.03 Å². The van der Waals surface area contributed by atoms with Gasteiger partial charge in [0.1, 0.15) is 0 Å². The van der Waals surface area contributed by atoms with Gasteiger partial charge in [-0.2, -0.15) is 0 Å². The van der Waals surface area contributed by atoms with Crippen LogP contribution in [-0.4, -0.2) is 38.1 Å². The zero-order chi connectivity index (χ0) is 27.7. The van der Waals surface area contributed by atoms with Crippen molar-refractivity contribution in [2.75, 3.05) is 0 Å². The molecule has 0 aliphatic carbocycles. The van der Waals surface area contributed by atoms with Crippen molar-refractivity contribution in [3.63, 3.8) is 0 Å². The first-order chi connectivity index (χ1) is 19.6. The number of aliphatic hydroxyl groups excluding tert-OH is 2. The summed E-state index contributed by atoms with van der Waals surface area (Å²) < 4.78 is 0. The smallest absolute Gasteiger partial charge is 0.321 e. The molecule has 0 bridgehead atoms. The van der Waals surface area contributed by atoms with Crippen LogP contribution < -0.4 is 0 Å². The number of benzene rings is 4. The first-order valence-corrected chi connectivity index (χ1v) is 14.2. The number of carbonyl (C=O) groups excluding carboxylic acids is 1. The molecule has 0 radical (unpaired) electrons. The Bertz CT molecular complexity index is 1240. The minimum Gasteiger partial charge on any atom is -0.392 e. The van der Waals surface area contributed by atoms with Gasteiger partial charge in [-0.25, -0.2) is 4.79 Å². The minimum atomic E-state index is 0.00354. The van der Waals surface area contributed by atoms with E-state index in [9.17, 15) is 15.0 Å². The van der Waals surface area contributed by atoms with E-state index in [1.54, 1.807) is 0 Å². The number of hydrogen-bond donors (Lipinski definition) is 2. The van der Waals surface area contributed by atoms with E-state index in [0.717, 1.165) is 47.9 Å². The van der Waals surface area contributed by atoms with Crippen molar-refractivity contribution in [3.8, 4) is 0 Å². The van der Waals surface area contributed by atoms with Crippen molar-refractivity contribution >= 4 is 6.03 Å². The molecule has 1 heterocycles. The summed E-state index contributed by atoms with van der Waals surface area (Å²) in [6.07, 6.45) is 3.43. The highest BCUT2D eigenvalue weighted by atomic mass is 16.3. The van der Waals surface area contributed by atoms with Gasteiger partial charge in [0.15, 0.2) is 0 Å². The van der Waals surface area contributed by atoms with Crippen molar-refractivity contribution < 1.29 is 15.0 Å². The van der Waals surface area contributed by atoms with Crippen LogP contribution in [0.2, 0.25) is 0 Å². The molecule has 2 N–H and O–H groups in total. The molecule has 0 spiro atoms. The van der Waals surface area contributed by atoms with Crippen molar-refractivity contribution in [1.82, 2.24) is 9.80 Å². The summed E-state index contributed by atoms with van der Waals surface area (Å²) in [5.41, 5.74) is 6.29. The monoisotopic (exact) mass is 534 g/mol. The molecule has 1 saturated heterocycles. The van der Waals surface area contributed by atoms with Crippen LogP contribution in [0, 0.1) is 0 Å². The Kier molecular flexibility index (Phi) is 9.27. The van der Waals surface area contributed by atoms with E-state index in [4.69, 9.17) is 0 Å². The van der Waals surface area contributed by atoms with E-state index in [0.29, 0.717) is 13.1 Å². The Balaban J connectivity index is 1.49. The third kappa shape index (κ3) is 6.98. The number of hydrogen-bond acceptors (Lipinski definition) is 3. The lowest BCUT2D eigenvalue weighted by molar-refractivity contribution is 0.126. The van der Waals surface area contributed by atoms with Crippen LogP contribution in [0.25, 0.3) is 0 Å². The maximum Gasteiger partial charge on any atom is 0.321 e. The van der Waals surface area contributed by atoms with Crippen molar-refractivity contribution in [1.29, 1.82) is 0 Å². The summed E-state index contributed by atoms with van der Waals surface area (Å²) in [5.74, 6) is 0. The Morgan fingerprint density at radius 2 is 0.850 bits per heavy atom. The van der Waals surface area contributed by atoms with E-state index < -0.39 is 0 Å². The second kappa shape index (κ2) is 13.4. The highest BCUT2D eigenvalue weighted by Gasteiger charge is 2.36. The molecule has 5 nitrogen and oxygen atoms in total. The molecule has 0 aromatic heterocycles. The van der Waals surface area contributed by atoms with Gasteiger partial charge in [-0.1, -0.05) is 109 Å². The van der Waals surface area contributed by atoms with Gasteiger partial charge in [-0.05, 0) is 59.1 Å². The summed E-state index contributed by atoms with van der Waals surface area (Å²) in [4.78, 5) is 18.7. The molecule has 2 amide bonds. The van der Waals surface area contributed by atoms with E-state index in [2.05, 4.69) is 58.3 Å². The van der Waals surface area contributed by atoms with E-state index in [1.165, 1.54) is 11.1 Å². The predicted octanol–water partition coefficient (Wildman–Crippen LogP) is 6.11. The topological polar surface area (TPSA) is 64.0 Å². The van der Waals surface area contributed by atoms with Gasteiger partial charge in [0.25, 0.3) is 0 Å². The molecular formula is C35H38N2O3. The van der Waals surface area contributed by atoms with Gasteiger partial charge in [-0.15, -0.1) is 0 Å². The summed E-state index contributed by atoms with van der Waals surface area (Å²) in [5, 5.41) is 19.0. The molecule has 1 aliphatic heterocycles. The molecule has 1 fully saturated rings. The number of amides is 2. The fourth-order valence-electron chi connectivity index (χ4n) is 5.66. The first kappa shape index (κ1) is 27.6. The normalized spacial score (nSPS) is 17.6. The number of urea groups is 1. The third-order valence-corrected chi connectivity index (χ3v) is 7.95. The highest BCUT2D eigenvalue weighted by molar-refractivity contribution is 5.76. The molecule has 4 aromatic rings. The molecule has 2 atom stereocenters. The van der Waals surface area contributed by atoms with E-state index >= 15 is 0 Å². The maximum absolute atomic E-state index is 14.6. The molecule has 0 unspecified atom stereocenters. The largest absolute Gasteiger partial charge is 0.392 e. The van der Waals surface area contributed by atoms with Gasteiger partial charge in [0.2, 0.25) is 0 Å². The Morgan fingerprint density at radius 1 is 0.500 bits per heavy atom. The summed E-state index contributed by atoms with van der Waals surface area (Å²) >= 11 is 0. The summed E-state index contributed by atoms with van der Waals surface area (Å²) in [6.45, 7) is 1.03. The Hall–Kier alpha value is -3.93. The quantitative estimate of drug-likeness (QED) is 0.258. The minimum absolute atomic E-state index is 0.00354. The van der Waals surface area contributed by atoms with Crippen LogP contribution in [0.15, 0.2) is 109 Å². The standard InChI is InChI=1S/C35H38N2O3/c38-25-31-15-11-29(12-16-31)23-36-33(21-27-7-3-1-4-8-27)19-20-34(22-28-9-5-2-6-10-28)37(35(36)40)24-30-13-17-32(26-39)18-14-30/h1-18,33-34,38-39H,19-26H2/t33-,34-/m0/s1. The molecule has 5 rings (SSSR count). The third-order valence-electron chi connectivity index (χ3n) is 7.95. The number of rotatable bonds is 10. The number of nitrogens with zero attached hydrogens (tertiary/aromatic N) is 2. The van der Waals surface area contributed by atoms with Crippen LogP contribution in [0.3, 0.4) is 0 Å². The van der Waals surface area contributed by atoms with Crippen molar-refractivity contribution in [3.05, 3.63) is 143 Å². The van der Waals surface area contributed by atoms with Gasteiger partial charge in [0.05, 0.1) is 13.2 Å². The average molecular weight is 535 g/mol. The van der Waals surface area contributed by atoms with Gasteiger partial charge in [-0.3, -0.25) is 0 Å². The molecule has 206 valence electrons. The molecule has 1 aliphatic rings. The van der Waals surface area contributed by atoms with Crippen molar-refractivity contribution in [2.24, 2.45) is 0 Å². The van der Waals surface area contributed by atoms with Gasteiger partial charge in [0, 0.05) is 25.2 Å². The maximum atomic E-state index is 14.6. The molecule has 4 aromatic carbocycles. The lowest BCUT2D eigenvalue weighted by Crippen LogP contribution is -2.48. The fourth-order valence-corrected chi connectivity index (χ4v) is 5.66. The zero-order valence-electron chi connectivity index (χ0n) is 22.9. The molecule has 40 heavy (non-hydrogen) atoms. The van der Waals surface area contributed by atoms with Crippen molar-refractivity contribution in [2.45, 2.75) is 64.1 Å². The van der Waals surface area contributed by atoms with E-state index in [1.807, 2.05) is 60.7 Å². The highest BCUT2D eigenvalue weighted by Crippen LogP contribution is 2.29. The second-order valence-corrected chi connectivity index (χ2v) is 10.8. The predicted molar refractivity (Wildman–Crippen MR) is 158 cm³/mol. The molecule has 0 saturated carbocycles.